The first-order valence-corrected chi connectivity index (χ1v) is 8.12. The monoisotopic (exact) mass is 328 g/mol. The molecule has 0 saturated carbocycles. The zero-order valence-electron chi connectivity index (χ0n) is 13.4. The molecule has 4 nitrogen and oxygen atoms in total. The van der Waals surface area contributed by atoms with Gasteiger partial charge in [0.1, 0.15) is 12.4 Å². The Morgan fingerprint density at radius 3 is 2.58 bits per heavy atom. The predicted octanol–water partition coefficient (Wildman–Crippen LogP) is 3.63. The Labute approximate surface area is 141 Å². The highest BCUT2D eigenvalue weighted by atomic mass is 19.1. The average molecular weight is 328 g/mol. The summed E-state index contributed by atoms with van der Waals surface area (Å²) in [6.07, 6.45) is 1.02. The van der Waals surface area contributed by atoms with Gasteiger partial charge in [-0.3, -0.25) is 0 Å². The van der Waals surface area contributed by atoms with E-state index in [9.17, 15) is 9.18 Å². The molecule has 1 amide bonds. The number of carbonyl (C=O) groups is 1. The molecule has 2 aromatic carbocycles. The van der Waals surface area contributed by atoms with Gasteiger partial charge in [-0.05, 0) is 36.1 Å². The Morgan fingerprint density at radius 2 is 1.88 bits per heavy atom. The van der Waals surface area contributed by atoms with Crippen LogP contribution in [0, 0.1) is 5.82 Å². The molecule has 2 unspecified atom stereocenters. The number of piperidine rings is 1. The third-order valence-corrected chi connectivity index (χ3v) is 4.34. The summed E-state index contributed by atoms with van der Waals surface area (Å²) < 4.78 is 18.6. The minimum atomic E-state index is -0.361. The van der Waals surface area contributed by atoms with Gasteiger partial charge in [0.2, 0.25) is 0 Å². The number of likely N-dealkylation sites (tertiary alicyclic amines) is 1. The lowest BCUT2D eigenvalue weighted by molar-refractivity contribution is 0.0645. The van der Waals surface area contributed by atoms with Gasteiger partial charge < -0.3 is 15.4 Å². The minimum Gasteiger partial charge on any atom is -0.445 e. The maximum Gasteiger partial charge on any atom is 0.410 e. The lowest BCUT2D eigenvalue weighted by atomic mass is 9.92. The third kappa shape index (κ3) is 3.92. The van der Waals surface area contributed by atoms with Gasteiger partial charge >= 0.3 is 6.09 Å². The normalized spacial score (nSPS) is 20.7. The van der Waals surface area contributed by atoms with Crippen LogP contribution in [0.3, 0.4) is 0 Å². The first-order chi connectivity index (χ1) is 11.6. The summed E-state index contributed by atoms with van der Waals surface area (Å²) in [6.45, 7) is 0.773. The summed E-state index contributed by atoms with van der Waals surface area (Å²) in [5.41, 5.74) is 7.89. The van der Waals surface area contributed by atoms with E-state index in [0.29, 0.717) is 13.0 Å². The standard InChI is InChI=1S/C19H21FN2O2/c20-16-8-6-15(7-9-16)18-12-17(21)10-11-22(18)19(23)24-13-14-4-2-1-3-5-14/h1-9,17-18H,10-13,21H2. The van der Waals surface area contributed by atoms with E-state index in [1.165, 1.54) is 12.1 Å². The molecule has 24 heavy (non-hydrogen) atoms. The molecule has 0 aromatic heterocycles. The Bertz CT molecular complexity index is 676. The van der Waals surface area contributed by atoms with Crippen molar-refractivity contribution in [2.75, 3.05) is 6.54 Å². The van der Waals surface area contributed by atoms with Crippen molar-refractivity contribution in [3.8, 4) is 0 Å². The number of hydrogen-bond donors (Lipinski definition) is 1. The Hall–Kier alpha value is -2.40. The van der Waals surface area contributed by atoms with E-state index >= 15 is 0 Å². The minimum absolute atomic E-state index is 0.0261. The summed E-state index contributed by atoms with van der Waals surface area (Å²) in [4.78, 5) is 14.2. The van der Waals surface area contributed by atoms with E-state index in [-0.39, 0.29) is 30.6 Å². The van der Waals surface area contributed by atoms with Gasteiger partial charge in [0, 0.05) is 12.6 Å². The number of ether oxygens (including phenoxy) is 1. The molecule has 1 aliphatic rings. The molecule has 2 atom stereocenters. The van der Waals surface area contributed by atoms with Gasteiger partial charge in [-0.1, -0.05) is 42.5 Å². The summed E-state index contributed by atoms with van der Waals surface area (Å²) in [6, 6.07) is 15.6. The Morgan fingerprint density at radius 1 is 1.17 bits per heavy atom. The van der Waals surface area contributed by atoms with Crippen LogP contribution in [0.5, 0.6) is 0 Å². The Kier molecular flexibility index (Phi) is 5.11. The molecule has 0 spiro atoms. The van der Waals surface area contributed by atoms with Gasteiger partial charge in [0.25, 0.3) is 0 Å². The second kappa shape index (κ2) is 7.45. The highest BCUT2D eigenvalue weighted by molar-refractivity contribution is 5.68. The number of rotatable bonds is 3. The van der Waals surface area contributed by atoms with Crippen molar-refractivity contribution in [1.29, 1.82) is 0 Å². The molecule has 5 heteroatoms. The second-order valence-electron chi connectivity index (χ2n) is 6.09. The van der Waals surface area contributed by atoms with Crippen LogP contribution in [-0.4, -0.2) is 23.6 Å². The van der Waals surface area contributed by atoms with Crippen LogP contribution < -0.4 is 5.73 Å². The molecular weight excluding hydrogens is 307 g/mol. The number of amides is 1. The molecule has 126 valence electrons. The number of nitrogens with two attached hydrogens (primary N) is 1. The quantitative estimate of drug-likeness (QED) is 0.936. The predicted molar refractivity (Wildman–Crippen MR) is 89.7 cm³/mol. The molecule has 0 radical (unpaired) electrons. The highest BCUT2D eigenvalue weighted by Gasteiger charge is 2.32. The zero-order chi connectivity index (χ0) is 16.9. The maximum atomic E-state index is 13.2. The largest absolute Gasteiger partial charge is 0.445 e. The lowest BCUT2D eigenvalue weighted by Crippen LogP contribution is -2.45. The molecule has 1 saturated heterocycles. The van der Waals surface area contributed by atoms with Crippen molar-refractivity contribution in [2.45, 2.75) is 31.5 Å². The number of hydrogen-bond acceptors (Lipinski definition) is 3. The van der Waals surface area contributed by atoms with Gasteiger partial charge in [-0.25, -0.2) is 9.18 Å². The highest BCUT2D eigenvalue weighted by Crippen LogP contribution is 2.31. The van der Waals surface area contributed by atoms with E-state index in [1.807, 2.05) is 30.3 Å². The van der Waals surface area contributed by atoms with Gasteiger partial charge in [-0.2, -0.15) is 0 Å². The zero-order valence-corrected chi connectivity index (χ0v) is 13.4. The third-order valence-electron chi connectivity index (χ3n) is 4.34. The number of benzene rings is 2. The molecule has 3 rings (SSSR count). The average Bonchev–Trinajstić information content (AvgIpc) is 2.61. The number of carbonyl (C=O) groups excluding carboxylic acids is 1. The van der Waals surface area contributed by atoms with E-state index in [2.05, 4.69) is 0 Å². The number of nitrogens with zero attached hydrogens (tertiary/aromatic N) is 1. The van der Waals surface area contributed by atoms with Crippen LogP contribution in [0.1, 0.15) is 30.0 Å². The molecule has 1 aliphatic heterocycles. The summed E-state index contributed by atoms with van der Waals surface area (Å²) in [5, 5.41) is 0. The van der Waals surface area contributed by atoms with Crippen LogP contribution in [0.4, 0.5) is 9.18 Å². The first-order valence-electron chi connectivity index (χ1n) is 8.12. The second-order valence-corrected chi connectivity index (χ2v) is 6.09. The van der Waals surface area contributed by atoms with Crippen molar-refractivity contribution >= 4 is 6.09 Å². The first kappa shape index (κ1) is 16.5. The van der Waals surface area contributed by atoms with E-state index in [0.717, 1.165) is 17.5 Å². The molecule has 0 bridgehead atoms. The topological polar surface area (TPSA) is 55.6 Å². The van der Waals surface area contributed by atoms with Crippen LogP contribution in [0.15, 0.2) is 54.6 Å². The van der Waals surface area contributed by atoms with Crippen molar-refractivity contribution in [3.63, 3.8) is 0 Å². The molecule has 1 fully saturated rings. The molecular formula is C19H21FN2O2. The van der Waals surface area contributed by atoms with E-state index in [1.54, 1.807) is 17.0 Å². The van der Waals surface area contributed by atoms with E-state index in [4.69, 9.17) is 10.5 Å². The fraction of sp³-hybridized carbons (Fsp3) is 0.316. The molecule has 1 heterocycles. The van der Waals surface area contributed by atoms with Gasteiger partial charge in [0.05, 0.1) is 6.04 Å². The number of halogens is 1. The van der Waals surface area contributed by atoms with Crippen molar-refractivity contribution in [2.24, 2.45) is 5.73 Å². The fourth-order valence-electron chi connectivity index (χ4n) is 3.01. The van der Waals surface area contributed by atoms with Crippen molar-refractivity contribution in [3.05, 3.63) is 71.5 Å². The lowest BCUT2D eigenvalue weighted by Gasteiger charge is -2.37. The summed E-state index contributed by atoms with van der Waals surface area (Å²) in [7, 11) is 0. The fourth-order valence-corrected chi connectivity index (χ4v) is 3.01. The van der Waals surface area contributed by atoms with Crippen LogP contribution in [0.25, 0.3) is 0 Å². The molecule has 2 aromatic rings. The summed E-state index contributed by atoms with van der Waals surface area (Å²) >= 11 is 0. The maximum absolute atomic E-state index is 13.2. The van der Waals surface area contributed by atoms with Crippen molar-refractivity contribution < 1.29 is 13.9 Å². The van der Waals surface area contributed by atoms with Crippen molar-refractivity contribution in [1.82, 2.24) is 4.90 Å². The van der Waals surface area contributed by atoms with Gasteiger partial charge in [0.15, 0.2) is 0 Å². The molecule has 0 aliphatic carbocycles. The van der Waals surface area contributed by atoms with Gasteiger partial charge in [-0.15, -0.1) is 0 Å². The summed E-state index contributed by atoms with van der Waals surface area (Å²) in [5.74, 6) is -0.294. The van der Waals surface area contributed by atoms with Crippen LogP contribution in [-0.2, 0) is 11.3 Å². The molecule has 2 N–H and O–H groups in total. The van der Waals surface area contributed by atoms with E-state index < -0.39 is 0 Å². The smallest absolute Gasteiger partial charge is 0.410 e. The van der Waals surface area contributed by atoms with Crippen LogP contribution >= 0.6 is 0 Å². The Balaban J connectivity index is 1.71. The SMILES string of the molecule is NC1CCN(C(=O)OCc2ccccc2)C(c2ccc(F)cc2)C1. The van der Waals surface area contributed by atoms with Crippen LogP contribution in [0.2, 0.25) is 0 Å².